The van der Waals surface area contributed by atoms with Gasteiger partial charge in [-0.25, -0.2) is 0 Å². The molecule has 0 radical (unpaired) electrons. The van der Waals surface area contributed by atoms with Crippen molar-refractivity contribution >= 4 is 17.5 Å². The number of alkyl halides is 1. The molecule has 1 heterocycles. The molecule has 1 N–H and O–H groups in total. The zero-order valence-electron chi connectivity index (χ0n) is 16.1. The Kier molecular flexibility index (Phi) is 4.52. The van der Waals surface area contributed by atoms with Crippen molar-refractivity contribution in [2.24, 2.45) is 17.3 Å². The summed E-state index contributed by atoms with van der Waals surface area (Å²) in [5.41, 5.74) is 1.22. The van der Waals surface area contributed by atoms with E-state index in [2.05, 4.69) is 40.5 Å². The van der Waals surface area contributed by atoms with Gasteiger partial charge in [-0.05, 0) is 68.8 Å². The molecule has 1 aromatic carbocycles. The van der Waals surface area contributed by atoms with Crippen LogP contribution >= 0.6 is 11.6 Å². The highest BCUT2D eigenvalue weighted by Gasteiger charge is 2.60. The van der Waals surface area contributed by atoms with E-state index in [1.807, 2.05) is 0 Å². The summed E-state index contributed by atoms with van der Waals surface area (Å²) in [6.45, 7) is 3.15. The average molecular weight is 387 g/mol. The minimum absolute atomic E-state index is 0.0829. The average Bonchev–Trinajstić information content (AvgIpc) is 2.62. The topological polar surface area (TPSA) is 32.3 Å². The molecule has 0 spiro atoms. The number of nitrogens with zero attached hydrogens (tertiary/aromatic N) is 1. The molecule has 0 aromatic heterocycles. The van der Waals surface area contributed by atoms with E-state index >= 15 is 0 Å². The molecule has 1 amide bonds. The van der Waals surface area contributed by atoms with Gasteiger partial charge in [0.2, 0.25) is 5.91 Å². The number of nitrogens with one attached hydrogen (secondary N) is 1. The maximum Gasteiger partial charge on any atom is 0.226 e. The van der Waals surface area contributed by atoms with Gasteiger partial charge in [-0.2, -0.15) is 0 Å². The van der Waals surface area contributed by atoms with Gasteiger partial charge in [-0.3, -0.25) is 9.69 Å². The minimum Gasteiger partial charge on any atom is -0.353 e. The number of hydrogen-bond donors (Lipinski definition) is 1. The fourth-order valence-corrected chi connectivity index (χ4v) is 7.52. The second-order valence-corrected chi connectivity index (χ2v) is 10.7. The summed E-state index contributed by atoms with van der Waals surface area (Å²) >= 11 is 6.92. The summed E-state index contributed by atoms with van der Waals surface area (Å²) in [5.74, 6) is 1.69. The highest BCUT2D eigenvalue weighted by Crippen LogP contribution is 2.63. The Morgan fingerprint density at radius 3 is 2.37 bits per heavy atom. The van der Waals surface area contributed by atoms with Gasteiger partial charge >= 0.3 is 0 Å². The molecule has 1 aliphatic heterocycles. The Bertz CT molecular complexity index is 684. The lowest BCUT2D eigenvalue weighted by molar-refractivity contribution is -0.145. The predicted molar refractivity (Wildman–Crippen MR) is 109 cm³/mol. The van der Waals surface area contributed by atoms with E-state index < -0.39 is 0 Å². The number of carbonyl (C=O) groups excluding carboxylic acids is 1. The number of amides is 1. The summed E-state index contributed by atoms with van der Waals surface area (Å²) in [6.07, 6.45) is 8.78. The summed E-state index contributed by atoms with van der Waals surface area (Å²) in [6, 6.07) is 11.0. The monoisotopic (exact) mass is 386 g/mol. The van der Waals surface area contributed by atoms with Gasteiger partial charge in [0.05, 0.1) is 5.41 Å². The fourth-order valence-electron chi connectivity index (χ4n) is 6.83. The van der Waals surface area contributed by atoms with Crippen molar-refractivity contribution in [2.75, 3.05) is 13.1 Å². The SMILES string of the molecule is O=C(NC1CCN(Cc2ccccc2)CC1)C12CC3CC(CC(Cl)(C3)C1)C2. The van der Waals surface area contributed by atoms with Crippen LogP contribution in [0.2, 0.25) is 0 Å². The van der Waals surface area contributed by atoms with Crippen molar-refractivity contribution in [3.63, 3.8) is 0 Å². The third-order valence-electron chi connectivity index (χ3n) is 7.64. The molecule has 146 valence electrons. The lowest BCUT2D eigenvalue weighted by atomic mass is 9.49. The molecular formula is C23H31ClN2O. The third-order valence-corrected chi connectivity index (χ3v) is 8.09. The molecule has 5 fully saturated rings. The molecule has 5 aliphatic rings. The van der Waals surface area contributed by atoms with Gasteiger partial charge in [-0.15, -0.1) is 11.6 Å². The molecule has 1 saturated heterocycles. The third kappa shape index (κ3) is 3.53. The van der Waals surface area contributed by atoms with Crippen LogP contribution in [0.4, 0.5) is 0 Å². The fraction of sp³-hybridized carbons (Fsp3) is 0.696. The standard InChI is InChI=1S/C23H31ClN2O/c24-23-13-18-10-19(14-23)12-22(11-18,16-23)21(27)25-20-6-8-26(9-7-20)15-17-4-2-1-3-5-17/h1-5,18-20H,6-16H2,(H,25,27). The summed E-state index contributed by atoms with van der Waals surface area (Å²) < 4.78 is 0. The predicted octanol–water partition coefficient (Wildman–Crippen LogP) is 4.35. The van der Waals surface area contributed by atoms with Crippen LogP contribution in [-0.2, 0) is 11.3 Å². The van der Waals surface area contributed by atoms with E-state index in [9.17, 15) is 4.79 Å². The molecule has 6 rings (SSSR count). The van der Waals surface area contributed by atoms with E-state index in [-0.39, 0.29) is 10.3 Å². The largest absolute Gasteiger partial charge is 0.353 e. The number of benzene rings is 1. The minimum atomic E-state index is -0.160. The molecular weight excluding hydrogens is 356 g/mol. The van der Waals surface area contributed by atoms with Crippen molar-refractivity contribution in [1.82, 2.24) is 10.2 Å². The quantitative estimate of drug-likeness (QED) is 0.780. The number of rotatable bonds is 4. The first-order valence-electron chi connectivity index (χ1n) is 10.8. The Morgan fingerprint density at radius 1 is 1.07 bits per heavy atom. The van der Waals surface area contributed by atoms with Crippen LogP contribution in [0.5, 0.6) is 0 Å². The van der Waals surface area contributed by atoms with Crippen molar-refractivity contribution in [2.45, 2.75) is 68.8 Å². The van der Waals surface area contributed by atoms with Crippen LogP contribution in [-0.4, -0.2) is 34.8 Å². The maximum absolute atomic E-state index is 13.3. The Hall–Kier alpha value is -1.06. The smallest absolute Gasteiger partial charge is 0.226 e. The lowest BCUT2D eigenvalue weighted by Gasteiger charge is -2.59. The first kappa shape index (κ1) is 18.0. The molecule has 4 bridgehead atoms. The van der Waals surface area contributed by atoms with Crippen LogP contribution in [0.3, 0.4) is 0 Å². The summed E-state index contributed by atoms with van der Waals surface area (Å²) in [7, 11) is 0. The van der Waals surface area contributed by atoms with Crippen LogP contribution in [0.15, 0.2) is 30.3 Å². The zero-order chi connectivity index (χ0) is 18.5. The molecule has 4 saturated carbocycles. The van der Waals surface area contributed by atoms with Crippen molar-refractivity contribution in [1.29, 1.82) is 0 Å². The van der Waals surface area contributed by atoms with Gasteiger partial charge in [0.25, 0.3) is 0 Å². The molecule has 2 atom stereocenters. The molecule has 4 aliphatic carbocycles. The summed E-state index contributed by atoms with van der Waals surface area (Å²) in [4.78, 5) is 15.7. The zero-order valence-corrected chi connectivity index (χ0v) is 16.9. The van der Waals surface area contributed by atoms with Gasteiger partial charge in [0, 0.05) is 30.6 Å². The van der Waals surface area contributed by atoms with Crippen LogP contribution in [0.1, 0.15) is 56.9 Å². The van der Waals surface area contributed by atoms with E-state index in [0.29, 0.717) is 23.8 Å². The number of piperidine rings is 1. The molecule has 2 unspecified atom stereocenters. The molecule has 1 aromatic rings. The van der Waals surface area contributed by atoms with Crippen LogP contribution < -0.4 is 5.32 Å². The van der Waals surface area contributed by atoms with Gasteiger partial charge in [0.1, 0.15) is 0 Å². The van der Waals surface area contributed by atoms with Crippen molar-refractivity contribution in [3.05, 3.63) is 35.9 Å². The van der Waals surface area contributed by atoms with E-state index in [1.165, 1.54) is 12.0 Å². The second-order valence-electron chi connectivity index (χ2n) is 9.90. The molecule has 27 heavy (non-hydrogen) atoms. The lowest BCUT2D eigenvalue weighted by Crippen LogP contribution is -2.60. The van der Waals surface area contributed by atoms with Crippen LogP contribution in [0.25, 0.3) is 0 Å². The highest BCUT2D eigenvalue weighted by atomic mass is 35.5. The van der Waals surface area contributed by atoms with Crippen LogP contribution in [0, 0.1) is 17.3 Å². The van der Waals surface area contributed by atoms with Gasteiger partial charge < -0.3 is 5.32 Å². The number of halogens is 1. The first-order valence-corrected chi connectivity index (χ1v) is 11.2. The first-order chi connectivity index (χ1) is 13.0. The van der Waals surface area contributed by atoms with Gasteiger partial charge in [-0.1, -0.05) is 30.3 Å². The normalized spacial score (nSPS) is 38.9. The molecule has 3 nitrogen and oxygen atoms in total. The summed E-state index contributed by atoms with van der Waals surface area (Å²) in [5, 5.41) is 3.45. The van der Waals surface area contributed by atoms with Crippen molar-refractivity contribution in [3.8, 4) is 0 Å². The van der Waals surface area contributed by atoms with Crippen molar-refractivity contribution < 1.29 is 4.79 Å². The Labute approximate surface area is 167 Å². The highest BCUT2D eigenvalue weighted by molar-refractivity contribution is 6.24. The second kappa shape index (κ2) is 6.77. The Morgan fingerprint density at radius 2 is 1.74 bits per heavy atom. The molecule has 4 heteroatoms. The number of carbonyl (C=O) groups is 1. The van der Waals surface area contributed by atoms with E-state index in [1.54, 1.807) is 0 Å². The number of likely N-dealkylation sites (tertiary alicyclic amines) is 1. The maximum atomic E-state index is 13.3. The Balaban J connectivity index is 1.17. The number of hydrogen-bond acceptors (Lipinski definition) is 2. The van der Waals surface area contributed by atoms with Gasteiger partial charge in [0.15, 0.2) is 0 Å². The van der Waals surface area contributed by atoms with E-state index in [0.717, 1.165) is 64.6 Å². The van der Waals surface area contributed by atoms with E-state index in [4.69, 9.17) is 11.6 Å².